The Labute approximate surface area is 138 Å². The van der Waals surface area contributed by atoms with Gasteiger partial charge in [0, 0.05) is 22.8 Å². The zero-order valence-electron chi connectivity index (χ0n) is 12.8. The van der Waals surface area contributed by atoms with Crippen LogP contribution in [-0.4, -0.2) is 4.98 Å². The smallest absolute Gasteiger partial charge is 0.142 e. The summed E-state index contributed by atoms with van der Waals surface area (Å²) in [6.07, 6.45) is 0. The molecule has 0 saturated heterocycles. The number of hydrogen-bond donors (Lipinski definition) is 1. The van der Waals surface area contributed by atoms with Gasteiger partial charge in [0.15, 0.2) is 0 Å². The minimum absolute atomic E-state index is 0.00947. The largest absolute Gasteiger partial charge is 0.383 e. The molecule has 1 aromatic heterocycles. The van der Waals surface area contributed by atoms with Crippen LogP contribution in [0.3, 0.4) is 0 Å². The highest BCUT2D eigenvalue weighted by Crippen LogP contribution is 2.33. The fourth-order valence-electron chi connectivity index (χ4n) is 2.55. The van der Waals surface area contributed by atoms with Gasteiger partial charge in [-0.05, 0) is 31.2 Å². The normalized spacial score (nSPS) is 10.4. The fourth-order valence-corrected chi connectivity index (χ4v) is 2.55. The van der Waals surface area contributed by atoms with E-state index in [1.165, 1.54) is 6.07 Å². The molecular weight excluding hydrogens is 308 g/mol. The van der Waals surface area contributed by atoms with E-state index in [2.05, 4.69) is 4.98 Å². The van der Waals surface area contributed by atoms with Crippen molar-refractivity contribution in [2.24, 2.45) is 0 Å². The van der Waals surface area contributed by atoms with Crippen molar-refractivity contribution in [3.8, 4) is 28.5 Å². The molecule has 0 aliphatic heterocycles. The summed E-state index contributed by atoms with van der Waals surface area (Å²) >= 11 is 0. The number of aromatic nitrogens is 1. The zero-order valence-corrected chi connectivity index (χ0v) is 12.8. The van der Waals surface area contributed by atoms with Crippen molar-refractivity contribution in [2.45, 2.75) is 6.92 Å². The number of benzene rings is 2. The molecule has 0 aliphatic rings. The number of nitriles is 1. The molecule has 0 saturated carbocycles. The van der Waals surface area contributed by atoms with E-state index in [0.717, 1.165) is 23.3 Å². The molecular formula is C19H13F2N3. The lowest BCUT2D eigenvalue weighted by atomic mass is 9.97. The van der Waals surface area contributed by atoms with Crippen LogP contribution in [0.1, 0.15) is 11.1 Å². The predicted molar refractivity (Wildman–Crippen MR) is 88.9 cm³/mol. The highest BCUT2D eigenvalue weighted by Gasteiger charge is 2.16. The molecule has 118 valence electrons. The van der Waals surface area contributed by atoms with Crippen molar-refractivity contribution in [3.63, 3.8) is 0 Å². The zero-order chi connectivity index (χ0) is 17.3. The maximum absolute atomic E-state index is 14.2. The van der Waals surface area contributed by atoms with E-state index in [-0.39, 0.29) is 16.9 Å². The number of nitrogens with zero attached hydrogens (tertiary/aromatic N) is 2. The summed E-state index contributed by atoms with van der Waals surface area (Å²) in [5, 5.41) is 9.35. The predicted octanol–water partition coefficient (Wildman–Crippen LogP) is 4.46. The van der Waals surface area contributed by atoms with Gasteiger partial charge in [-0.3, -0.25) is 0 Å². The topological polar surface area (TPSA) is 62.7 Å². The first kappa shape index (κ1) is 15.6. The molecule has 3 aromatic rings. The molecule has 0 atom stereocenters. The third-order valence-electron chi connectivity index (χ3n) is 3.69. The van der Waals surface area contributed by atoms with Crippen molar-refractivity contribution in [1.82, 2.24) is 4.98 Å². The molecule has 0 unspecified atom stereocenters. The maximum atomic E-state index is 14.2. The molecule has 5 heteroatoms. The second-order valence-corrected chi connectivity index (χ2v) is 5.42. The highest BCUT2D eigenvalue weighted by atomic mass is 19.1. The van der Waals surface area contributed by atoms with Crippen LogP contribution in [0, 0.1) is 29.9 Å². The Balaban J connectivity index is 2.27. The van der Waals surface area contributed by atoms with Crippen LogP contribution in [0.2, 0.25) is 0 Å². The van der Waals surface area contributed by atoms with Crippen LogP contribution in [0.4, 0.5) is 14.6 Å². The molecule has 0 fully saturated rings. The Morgan fingerprint density at radius 2 is 1.83 bits per heavy atom. The van der Waals surface area contributed by atoms with Gasteiger partial charge in [-0.1, -0.05) is 23.8 Å². The number of halogens is 2. The summed E-state index contributed by atoms with van der Waals surface area (Å²) in [4.78, 5) is 4.25. The van der Waals surface area contributed by atoms with Crippen molar-refractivity contribution in [1.29, 1.82) is 5.26 Å². The molecule has 0 radical (unpaired) electrons. The van der Waals surface area contributed by atoms with Crippen LogP contribution >= 0.6 is 0 Å². The summed E-state index contributed by atoms with van der Waals surface area (Å²) in [6.45, 7) is 1.94. The molecule has 2 aromatic carbocycles. The Morgan fingerprint density at radius 1 is 1.04 bits per heavy atom. The monoisotopic (exact) mass is 321 g/mol. The van der Waals surface area contributed by atoms with E-state index in [1.807, 2.05) is 37.3 Å². The van der Waals surface area contributed by atoms with Crippen LogP contribution in [0.5, 0.6) is 0 Å². The second-order valence-electron chi connectivity index (χ2n) is 5.42. The average Bonchev–Trinajstić information content (AvgIpc) is 2.54. The van der Waals surface area contributed by atoms with Gasteiger partial charge < -0.3 is 5.73 Å². The first-order valence-electron chi connectivity index (χ1n) is 7.22. The lowest BCUT2D eigenvalue weighted by Crippen LogP contribution is -2.01. The van der Waals surface area contributed by atoms with E-state index in [1.54, 1.807) is 6.07 Å². The van der Waals surface area contributed by atoms with E-state index in [0.29, 0.717) is 11.3 Å². The molecule has 0 aliphatic carbocycles. The van der Waals surface area contributed by atoms with Gasteiger partial charge in [0.1, 0.15) is 29.1 Å². The first-order valence-corrected chi connectivity index (χ1v) is 7.22. The molecule has 0 bridgehead atoms. The lowest BCUT2D eigenvalue weighted by molar-refractivity contribution is 0.585. The number of aryl methyl sites for hydroxylation is 1. The number of hydrogen-bond acceptors (Lipinski definition) is 3. The third kappa shape index (κ3) is 2.82. The van der Waals surface area contributed by atoms with Gasteiger partial charge in [-0.25, -0.2) is 13.8 Å². The summed E-state index contributed by atoms with van der Waals surface area (Å²) < 4.78 is 27.3. The Morgan fingerprint density at radius 3 is 2.50 bits per heavy atom. The van der Waals surface area contributed by atoms with Gasteiger partial charge in [0.05, 0.1) is 5.69 Å². The van der Waals surface area contributed by atoms with E-state index < -0.39 is 11.6 Å². The Kier molecular flexibility index (Phi) is 3.97. The molecule has 3 rings (SSSR count). The van der Waals surface area contributed by atoms with Crippen LogP contribution in [-0.2, 0) is 0 Å². The standard InChI is InChI=1S/C19H13F2N3/c1-11-3-2-4-12(7-11)18-9-15(16(10-22)19(23)24-18)14-6-5-13(20)8-17(14)21/h2-9H,1H3,(H2,23,24). The quantitative estimate of drug-likeness (QED) is 0.758. The van der Waals surface area contributed by atoms with Gasteiger partial charge in [-0.15, -0.1) is 0 Å². The molecule has 0 amide bonds. The van der Waals surface area contributed by atoms with Gasteiger partial charge >= 0.3 is 0 Å². The third-order valence-corrected chi connectivity index (χ3v) is 3.69. The minimum Gasteiger partial charge on any atom is -0.383 e. The first-order chi connectivity index (χ1) is 11.5. The summed E-state index contributed by atoms with van der Waals surface area (Å²) in [7, 11) is 0. The molecule has 3 nitrogen and oxygen atoms in total. The van der Waals surface area contributed by atoms with E-state index in [9.17, 15) is 14.0 Å². The maximum Gasteiger partial charge on any atom is 0.142 e. The number of pyridine rings is 1. The van der Waals surface area contributed by atoms with Crippen LogP contribution < -0.4 is 5.73 Å². The van der Waals surface area contributed by atoms with Crippen molar-refractivity contribution < 1.29 is 8.78 Å². The Hall–Kier alpha value is -3.26. The number of nitrogen functional groups attached to an aromatic ring is 1. The van der Waals surface area contributed by atoms with E-state index >= 15 is 0 Å². The van der Waals surface area contributed by atoms with Crippen molar-refractivity contribution in [3.05, 3.63) is 71.3 Å². The highest BCUT2D eigenvalue weighted by molar-refractivity contribution is 5.80. The molecule has 2 N–H and O–H groups in total. The van der Waals surface area contributed by atoms with Gasteiger partial charge in [0.2, 0.25) is 0 Å². The van der Waals surface area contributed by atoms with Crippen LogP contribution in [0.25, 0.3) is 22.4 Å². The SMILES string of the molecule is Cc1cccc(-c2cc(-c3ccc(F)cc3F)c(C#N)c(N)n2)c1. The molecule has 24 heavy (non-hydrogen) atoms. The van der Waals surface area contributed by atoms with Gasteiger partial charge in [-0.2, -0.15) is 5.26 Å². The second kappa shape index (κ2) is 6.09. The lowest BCUT2D eigenvalue weighted by Gasteiger charge is -2.11. The Bertz CT molecular complexity index is 975. The van der Waals surface area contributed by atoms with Crippen LogP contribution in [0.15, 0.2) is 48.5 Å². The minimum atomic E-state index is -0.757. The van der Waals surface area contributed by atoms with Crippen molar-refractivity contribution >= 4 is 5.82 Å². The number of rotatable bonds is 2. The van der Waals surface area contributed by atoms with Crippen molar-refractivity contribution in [2.75, 3.05) is 5.73 Å². The number of anilines is 1. The summed E-state index contributed by atoms with van der Waals surface area (Å²) in [5.74, 6) is -1.43. The summed E-state index contributed by atoms with van der Waals surface area (Å²) in [5.41, 5.74) is 8.72. The summed E-state index contributed by atoms with van der Waals surface area (Å²) in [6, 6.07) is 14.3. The molecule has 1 heterocycles. The van der Waals surface area contributed by atoms with Gasteiger partial charge in [0.25, 0.3) is 0 Å². The fraction of sp³-hybridized carbons (Fsp3) is 0.0526. The molecule has 0 spiro atoms. The number of nitrogens with two attached hydrogens (primary N) is 1. The average molecular weight is 321 g/mol. The van der Waals surface area contributed by atoms with E-state index in [4.69, 9.17) is 5.73 Å².